The Balaban J connectivity index is 0.000000780. The molecular formula is C30H58N6O2. The van der Waals surface area contributed by atoms with Gasteiger partial charge in [0.15, 0.2) is 0 Å². The van der Waals surface area contributed by atoms with Crippen molar-refractivity contribution in [1.29, 1.82) is 0 Å². The van der Waals surface area contributed by atoms with Crippen LogP contribution in [0.1, 0.15) is 66.2 Å². The topological polar surface area (TPSA) is 76.4 Å². The molecule has 1 heterocycles. The molecule has 0 unspecified atom stereocenters. The number of carbonyl (C=O) groups excluding carboxylic acids is 2. The fraction of sp³-hybridized carbons (Fsp3) is 0.733. The number of likely N-dealkylation sites (N-methyl/N-ethyl adjacent to an activating group) is 2. The molecule has 0 aromatic rings. The smallest absolute Gasteiger partial charge is 0.248 e. The number of unbranched alkanes of at least 4 members (excludes halogenated alkanes) is 1. The molecule has 1 saturated carbocycles. The highest BCUT2D eigenvalue weighted by molar-refractivity contribution is 5.92. The molecule has 0 spiro atoms. The predicted molar refractivity (Wildman–Crippen MR) is 162 cm³/mol. The lowest BCUT2D eigenvalue weighted by atomic mass is 9.91. The SMILES string of the molecule is C=C(N)N(C)CCCN(C)CC(=O)N1CCN(C2CCC2)CC1.C=CCCCN(CC)C(=O)C(=C)C.CC. The van der Waals surface area contributed by atoms with Gasteiger partial charge in [-0.3, -0.25) is 19.4 Å². The molecule has 0 atom stereocenters. The fourth-order valence-electron chi connectivity index (χ4n) is 4.32. The van der Waals surface area contributed by atoms with Crippen LogP contribution in [0.25, 0.3) is 0 Å². The maximum atomic E-state index is 12.4. The number of rotatable bonds is 14. The van der Waals surface area contributed by atoms with E-state index >= 15 is 0 Å². The van der Waals surface area contributed by atoms with Crippen molar-refractivity contribution in [2.45, 2.75) is 72.3 Å². The lowest BCUT2D eigenvalue weighted by Gasteiger charge is -2.43. The number of carbonyl (C=O) groups is 2. The summed E-state index contributed by atoms with van der Waals surface area (Å²) >= 11 is 0. The normalized spacial score (nSPS) is 15.3. The number of nitrogens with two attached hydrogens (primary N) is 1. The van der Waals surface area contributed by atoms with E-state index in [2.05, 4.69) is 29.5 Å². The van der Waals surface area contributed by atoms with Crippen molar-refractivity contribution in [3.8, 4) is 0 Å². The first-order valence-electron chi connectivity index (χ1n) is 14.5. The number of piperazine rings is 1. The van der Waals surface area contributed by atoms with Gasteiger partial charge < -0.3 is 20.4 Å². The van der Waals surface area contributed by atoms with Crippen LogP contribution in [0.3, 0.4) is 0 Å². The first-order chi connectivity index (χ1) is 18.1. The highest BCUT2D eigenvalue weighted by Gasteiger charge is 2.29. The average molecular weight is 535 g/mol. The van der Waals surface area contributed by atoms with Gasteiger partial charge in [0.1, 0.15) is 0 Å². The van der Waals surface area contributed by atoms with Crippen LogP contribution >= 0.6 is 0 Å². The van der Waals surface area contributed by atoms with Gasteiger partial charge in [-0.25, -0.2) is 0 Å². The van der Waals surface area contributed by atoms with Crippen molar-refractivity contribution >= 4 is 11.8 Å². The zero-order chi connectivity index (χ0) is 29.1. The molecular weight excluding hydrogens is 476 g/mol. The molecule has 2 aliphatic rings. The monoisotopic (exact) mass is 534 g/mol. The van der Waals surface area contributed by atoms with Gasteiger partial charge in [-0.05, 0) is 53.0 Å². The molecule has 8 nitrogen and oxygen atoms in total. The Labute approximate surface area is 234 Å². The largest absolute Gasteiger partial charge is 0.386 e. The minimum Gasteiger partial charge on any atom is -0.386 e. The molecule has 1 saturated heterocycles. The van der Waals surface area contributed by atoms with Crippen LogP contribution in [0.15, 0.2) is 37.2 Å². The van der Waals surface area contributed by atoms with Crippen LogP contribution in [-0.4, -0.2) is 115 Å². The van der Waals surface area contributed by atoms with Gasteiger partial charge in [-0.2, -0.15) is 0 Å². The Morgan fingerprint density at radius 1 is 1.00 bits per heavy atom. The minimum absolute atomic E-state index is 0.0616. The summed E-state index contributed by atoms with van der Waals surface area (Å²) in [6, 6.07) is 0.796. The Hall–Kier alpha value is -2.32. The van der Waals surface area contributed by atoms with Crippen molar-refractivity contribution in [1.82, 2.24) is 24.5 Å². The first-order valence-corrected chi connectivity index (χ1v) is 14.5. The maximum Gasteiger partial charge on any atom is 0.248 e. The summed E-state index contributed by atoms with van der Waals surface area (Å²) in [4.78, 5) is 34.3. The highest BCUT2D eigenvalue weighted by atomic mass is 16.2. The molecule has 1 aliphatic heterocycles. The summed E-state index contributed by atoms with van der Waals surface area (Å²) in [6.45, 7) is 26.4. The van der Waals surface area contributed by atoms with Crippen molar-refractivity contribution in [2.24, 2.45) is 5.73 Å². The van der Waals surface area contributed by atoms with Crippen molar-refractivity contribution in [3.63, 3.8) is 0 Å². The zero-order valence-corrected chi connectivity index (χ0v) is 25.5. The van der Waals surface area contributed by atoms with Gasteiger partial charge in [0.05, 0.1) is 12.4 Å². The summed E-state index contributed by atoms with van der Waals surface area (Å²) in [7, 11) is 3.95. The molecule has 38 heavy (non-hydrogen) atoms. The Morgan fingerprint density at radius 3 is 2.05 bits per heavy atom. The summed E-state index contributed by atoms with van der Waals surface area (Å²) in [5.41, 5.74) is 6.24. The summed E-state index contributed by atoms with van der Waals surface area (Å²) in [6.07, 6.45) is 8.86. The van der Waals surface area contributed by atoms with Crippen molar-refractivity contribution < 1.29 is 9.59 Å². The Kier molecular flexibility index (Phi) is 19.4. The van der Waals surface area contributed by atoms with Gasteiger partial charge in [0.25, 0.3) is 0 Å². The number of hydrogen-bond acceptors (Lipinski definition) is 6. The van der Waals surface area contributed by atoms with Crippen molar-refractivity contribution in [2.75, 3.05) is 73.0 Å². The van der Waals surface area contributed by atoms with E-state index in [1.807, 2.05) is 55.6 Å². The molecule has 0 radical (unpaired) electrons. The second-order valence-corrected chi connectivity index (χ2v) is 10.1. The molecule has 2 N–H and O–H groups in total. The minimum atomic E-state index is 0.0616. The van der Waals surface area contributed by atoms with Gasteiger partial charge in [0, 0.05) is 71.0 Å². The van der Waals surface area contributed by atoms with Crippen LogP contribution in [0, 0.1) is 0 Å². The molecule has 2 fully saturated rings. The molecule has 0 aromatic carbocycles. The third-order valence-electron chi connectivity index (χ3n) is 7.06. The maximum absolute atomic E-state index is 12.4. The molecule has 0 bridgehead atoms. The second kappa shape index (κ2) is 20.6. The van der Waals surface area contributed by atoms with Gasteiger partial charge >= 0.3 is 0 Å². The molecule has 0 aromatic heterocycles. The number of hydrogen-bond donors (Lipinski definition) is 1. The molecule has 8 heteroatoms. The van der Waals surface area contributed by atoms with Crippen LogP contribution in [0.5, 0.6) is 0 Å². The van der Waals surface area contributed by atoms with E-state index in [1.165, 1.54) is 19.3 Å². The molecule has 2 rings (SSSR count). The van der Waals surface area contributed by atoms with Gasteiger partial charge in [-0.1, -0.05) is 39.5 Å². The van der Waals surface area contributed by atoms with E-state index < -0.39 is 0 Å². The van der Waals surface area contributed by atoms with E-state index in [0.717, 1.165) is 77.7 Å². The van der Waals surface area contributed by atoms with Crippen molar-refractivity contribution in [3.05, 3.63) is 37.2 Å². The fourth-order valence-corrected chi connectivity index (χ4v) is 4.32. The zero-order valence-electron chi connectivity index (χ0n) is 25.5. The van der Waals surface area contributed by atoms with Crippen LogP contribution in [0.4, 0.5) is 0 Å². The predicted octanol–water partition coefficient (Wildman–Crippen LogP) is 3.77. The standard InChI is InChI=1S/C17H33N5O.C11H19NO.C2H6/c1-15(18)20(3)9-5-8-19(2)14-17(23)22-12-10-21(11-13-22)16-6-4-7-16;1-5-7-8-9-12(6-2)11(13)10(3)4;1-2/h16H,1,4-14,18H2,2-3H3;5H,1,3,6-9H2,2,4H3;1-2H3. The number of nitrogens with zero attached hydrogens (tertiary/aromatic N) is 5. The second-order valence-electron chi connectivity index (χ2n) is 10.1. The van der Waals surface area contributed by atoms with E-state index in [0.29, 0.717) is 17.9 Å². The number of allylic oxidation sites excluding steroid dienone is 1. The van der Waals surface area contributed by atoms with E-state index in [1.54, 1.807) is 6.92 Å². The number of amides is 2. The lowest BCUT2D eigenvalue weighted by Crippen LogP contribution is -2.54. The molecule has 1 aliphatic carbocycles. The lowest BCUT2D eigenvalue weighted by molar-refractivity contribution is -0.134. The summed E-state index contributed by atoms with van der Waals surface area (Å²) in [5.74, 6) is 0.914. The van der Waals surface area contributed by atoms with E-state index in [4.69, 9.17) is 5.73 Å². The van der Waals surface area contributed by atoms with Gasteiger partial charge in [0.2, 0.25) is 11.8 Å². The quantitative estimate of drug-likeness (QED) is 0.208. The third kappa shape index (κ3) is 14.0. The Bertz CT molecular complexity index is 714. The van der Waals surface area contributed by atoms with Gasteiger partial charge in [-0.15, -0.1) is 6.58 Å². The summed E-state index contributed by atoms with van der Waals surface area (Å²) in [5, 5.41) is 0. The van der Waals surface area contributed by atoms with Crippen LogP contribution < -0.4 is 5.73 Å². The van der Waals surface area contributed by atoms with Crippen LogP contribution in [-0.2, 0) is 9.59 Å². The Morgan fingerprint density at radius 2 is 1.61 bits per heavy atom. The van der Waals surface area contributed by atoms with Crippen LogP contribution in [0.2, 0.25) is 0 Å². The van der Waals surface area contributed by atoms with E-state index in [9.17, 15) is 9.59 Å². The first kappa shape index (κ1) is 35.7. The van der Waals surface area contributed by atoms with E-state index in [-0.39, 0.29) is 11.8 Å². The third-order valence-corrected chi connectivity index (χ3v) is 7.06. The highest BCUT2D eigenvalue weighted by Crippen LogP contribution is 2.25. The average Bonchev–Trinajstić information content (AvgIpc) is 2.87. The molecule has 2 amide bonds. The molecule has 220 valence electrons. The summed E-state index contributed by atoms with van der Waals surface area (Å²) < 4.78 is 0.